The molecule has 5 atom stereocenters. The van der Waals surface area contributed by atoms with Crippen LogP contribution in [0, 0.1) is 17.8 Å². The average molecular weight is 182 g/mol. The van der Waals surface area contributed by atoms with Crippen LogP contribution >= 0.6 is 0 Å². The summed E-state index contributed by atoms with van der Waals surface area (Å²) in [6, 6.07) is 0. The monoisotopic (exact) mass is 182 g/mol. The molecule has 2 saturated carbocycles. The lowest BCUT2D eigenvalue weighted by Gasteiger charge is -2.25. The summed E-state index contributed by atoms with van der Waals surface area (Å²) in [6.45, 7) is 2.38. The number of hydrogen-bond donors (Lipinski definition) is 0. The third-order valence-electron chi connectivity index (χ3n) is 3.80. The molecule has 0 aromatic rings. The number of ether oxygens (including phenoxy) is 2. The number of rotatable bonds is 1. The van der Waals surface area contributed by atoms with E-state index in [4.69, 9.17) is 9.47 Å². The first kappa shape index (κ1) is 7.80. The first-order valence-electron chi connectivity index (χ1n) is 5.04. The van der Waals surface area contributed by atoms with Crippen LogP contribution in [0.1, 0.15) is 19.8 Å². The van der Waals surface area contributed by atoms with Crippen molar-refractivity contribution in [1.29, 1.82) is 0 Å². The van der Waals surface area contributed by atoms with E-state index in [9.17, 15) is 4.79 Å². The zero-order valence-corrected chi connectivity index (χ0v) is 7.73. The maximum absolute atomic E-state index is 10.9. The van der Waals surface area contributed by atoms with Crippen molar-refractivity contribution in [1.82, 2.24) is 0 Å². The second-order valence-corrected chi connectivity index (χ2v) is 4.53. The second-order valence-electron chi connectivity index (χ2n) is 4.53. The van der Waals surface area contributed by atoms with E-state index in [1.54, 1.807) is 0 Å². The lowest BCUT2D eigenvalue weighted by Crippen LogP contribution is -2.35. The van der Waals surface area contributed by atoms with Crippen LogP contribution in [-0.4, -0.2) is 24.8 Å². The largest absolute Gasteiger partial charge is 0.459 e. The Bertz CT molecular complexity index is 249. The predicted molar refractivity (Wildman–Crippen MR) is 45.0 cm³/mol. The smallest absolute Gasteiger partial charge is 0.303 e. The molecule has 0 amide bonds. The van der Waals surface area contributed by atoms with Gasteiger partial charge in [-0.25, -0.2) is 0 Å². The van der Waals surface area contributed by atoms with Crippen LogP contribution in [0.15, 0.2) is 0 Å². The summed E-state index contributed by atoms with van der Waals surface area (Å²) in [4.78, 5) is 10.9. The van der Waals surface area contributed by atoms with Crippen LogP contribution < -0.4 is 0 Å². The molecule has 3 rings (SSSR count). The predicted octanol–water partition coefficient (Wildman–Crippen LogP) is 0.973. The highest BCUT2D eigenvalue weighted by molar-refractivity contribution is 5.66. The average Bonchev–Trinajstić information content (AvgIpc) is 2.60. The Labute approximate surface area is 77.4 Å². The number of hydrogen-bond acceptors (Lipinski definition) is 3. The van der Waals surface area contributed by atoms with E-state index >= 15 is 0 Å². The highest BCUT2D eigenvalue weighted by Gasteiger charge is 2.58. The Morgan fingerprint density at radius 3 is 3.00 bits per heavy atom. The van der Waals surface area contributed by atoms with Gasteiger partial charge in [0.15, 0.2) is 0 Å². The number of carbonyl (C=O) groups is 1. The van der Waals surface area contributed by atoms with E-state index in [2.05, 4.69) is 0 Å². The fraction of sp³-hybridized carbons (Fsp3) is 0.900. The van der Waals surface area contributed by atoms with Crippen LogP contribution in [0.25, 0.3) is 0 Å². The molecule has 0 aromatic heterocycles. The van der Waals surface area contributed by atoms with E-state index in [0.29, 0.717) is 11.8 Å². The first-order chi connectivity index (χ1) is 6.25. The molecule has 0 radical (unpaired) electrons. The molecule has 0 aromatic carbocycles. The number of esters is 1. The molecule has 13 heavy (non-hydrogen) atoms. The second kappa shape index (κ2) is 2.47. The third kappa shape index (κ3) is 0.966. The van der Waals surface area contributed by atoms with Gasteiger partial charge in [0.25, 0.3) is 0 Å². The van der Waals surface area contributed by atoms with Crippen molar-refractivity contribution in [2.75, 3.05) is 6.61 Å². The lowest BCUT2D eigenvalue weighted by molar-refractivity contribution is -0.154. The van der Waals surface area contributed by atoms with Gasteiger partial charge in [-0.3, -0.25) is 4.79 Å². The van der Waals surface area contributed by atoms with E-state index in [0.717, 1.165) is 12.5 Å². The lowest BCUT2D eigenvalue weighted by atomic mass is 9.88. The maximum Gasteiger partial charge on any atom is 0.303 e. The molecular weight excluding hydrogens is 168 g/mol. The highest BCUT2D eigenvalue weighted by atomic mass is 16.6. The molecule has 2 bridgehead atoms. The molecule has 1 aliphatic heterocycles. The van der Waals surface area contributed by atoms with Crippen molar-refractivity contribution in [2.45, 2.75) is 32.0 Å². The first-order valence-corrected chi connectivity index (χ1v) is 5.04. The summed E-state index contributed by atoms with van der Waals surface area (Å²) < 4.78 is 11.0. The summed E-state index contributed by atoms with van der Waals surface area (Å²) in [5, 5.41) is 0. The molecule has 72 valence electrons. The fourth-order valence-electron chi connectivity index (χ4n) is 3.38. The Balaban J connectivity index is 1.80. The maximum atomic E-state index is 10.9. The van der Waals surface area contributed by atoms with Gasteiger partial charge in [0.1, 0.15) is 6.10 Å². The standard InChI is InChI=1S/C10H14O3/c1-5(11)13-9-6-2-7-4-12-10(9)8(7)3-6/h6-10H,2-4H2,1H3/t6-,7-,8-,9+,10+/m0/s1. The van der Waals surface area contributed by atoms with E-state index in [1.807, 2.05) is 0 Å². The molecule has 0 spiro atoms. The summed E-state index contributed by atoms with van der Waals surface area (Å²) in [7, 11) is 0. The van der Waals surface area contributed by atoms with Gasteiger partial charge in [0.2, 0.25) is 0 Å². The topological polar surface area (TPSA) is 35.5 Å². The van der Waals surface area contributed by atoms with Crippen molar-refractivity contribution in [3.63, 3.8) is 0 Å². The van der Waals surface area contributed by atoms with E-state index < -0.39 is 0 Å². The molecule has 3 fully saturated rings. The number of carbonyl (C=O) groups excluding carboxylic acids is 1. The highest BCUT2D eigenvalue weighted by Crippen LogP contribution is 2.54. The molecule has 2 aliphatic carbocycles. The minimum absolute atomic E-state index is 0.0706. The Hall–Kier alpha value is -0.570. The zero-order chi connectivity index (χ0) is 9.00. The van der Waals surface area contributed by atoms with Gasteiger partial charge in [-0.15, -0.1) is 0 Å². The molecule has 3 nitrogen and oxygen atoms in total. The Kier molecular flexibility index (Phi) is 1.48. The fourth-order valence-corrected chi connectivity index (χ4v) is 3.38. The van der Waals surface area contributed by atoms with Crippen molar-refractivity contribution < 1.29 is 14.3 Å². The van der Waals surface area contributed by atoms with Gasteiger partial charge in [-0.1, -0.05) is 0 Å². The molecule has 3 heteroatoms. The Morgan fingerprint density at radius 1 is 1.38 bits per heavy atom. The van der Waals surface area contributed by atoms with Gasteiger partial charge in [0, 0.05) is 6.92 Å². The van der Waals surface area contributed by atoms with Crippen molar-refractivity contribution in [3.8, 4) is 0 Å². The zero-order valence-electron chi connectivity index (χ0n) is 7.73. The molecule has 0 unspecified atom stereocenters. The third-order valence-corrected chi connectivity index (χ3v) is 3.80. The quantitative estimate of drug-likeness (QED) is 0.567. The molecule has 1 saturated heterocycles. The van der Waals surface area contributed by atoms with Gasteiger partial charge < -0.3 is 9.47 Å². The molecular formula is C10H14O3. The molecule has 0 N–H and O–H groups in total. The van der Waals surface area contributed by atoms with Crippen molar-refractivity contribution >= 4 is 5.97 Å². The normalized spacial score (nSPS) is 51.3. The van der Waals surface area contributed by atoms with Gasteiger partial charge >= 0.3 is 5.97 Å². The van der Waals surface area contributed by atoms with Crippen LogP contribution in [0.5, 0.6) is 0 Å². The minimum atomic E-state index is -0.162. The van der Waals surface area contributed by atoms with Gasteiger partial charge in [-0.05, 0) is 30.6 Å². The van der Waals surface area contributed by atoms with Crippen molar-refractivity contribution in [3.05, 3.63) is 0 Å². The minimum Gasteiger partial charge on any atom is -0.459 e. The molecule has 1 heterocycles. The summed E-state index contributed by atoms with van der Waals surface area (Å²) in [5.74, 6) is 1.88. The van der Waals surface area contributed by atoms with E-state index in [-0.39, 0.29) is 18.2 Å². The molecule has 3 aliphatic rings. The van der Waals surface area contributed by atoms with Gasteiger partial charge in [0.05, 0.1) is 12.7 Å². The van der Waals surface area contributed by atoms with Crippen LogP contribution in [0.3, 0.4) is 0 Å². The van der Waals surface area contributed by atoms with Gasteiger partial charge in [-0.2, -0.15) is 0 Å². The SMILES string of the molecule is CC(=O)O[C@@H]1[C@H]2C[C@H]3CO[C@@H]1[C@H]3C2. The number of fused-ring (bicyclic) bond motifs is 1. The Morgan fingerprint density at radius 2 is 2.23 bits per heavy atom. The van der Waals surface area contributed by atoms with Crippen molar-refractivity contribution in [2.24, 2.45) is 17.8 Å². The van der Waals surface area contributed by atoms with E-state index in [1.165, 1.54) is 19.8 Å². The summed E-state index contributed by atoms with van der Waals surface area (Å²) in [5.41, 5.74) is 0. The van der Waals surface area contributed by atoms with Crippen LogP contribution in [0.4, 0.5) is 0 Å². The van der Waals surface area contributed by atoms with Crippen LogP contribution in [-0.2, 0) is 14.3 Å². The summed E-state index contributed by atoms with van der Waals surface area (Å²) in [6.07, 6.45) is 2.72. The summed E-state index contributed by atoms with van der Waals surface area (Å²) >= 11 is 0. The van der Waals surface area contributed by atoms with Crippen LogP contribution in [0.2, 0.25) is 0 Å².